The van der Waals surface area contributed by atoms with Crippen LogP contribution < -0.4 is 11.1 Å². The highest BCUT2D eigenvalue weighted by Gasteiger charge is 2.13. The molecule has 0 bridgehead atoms. The predicted molar refractivity (Wildman–Crippen MR) is 118 cm³/mol. The molecule has 0 aromatic carbocycles. The van der Waals surface area contributed by atoms with Gasteiger partial charge in [0, 0.05) is 0 Å². The number of nitrogens with two attached hydrogens (primary N) is 1. The highest BCUT2D eigenvalue weighted by atomic mass is 14.8. The fourth-order valence-electron chi connectivity index (χ4n) is 4.76. The Labute approximate surface area is 165 Å². The second kappa shape index (κ2) is 18.3. The SMILES string of the molecule is CNCC1CCCCCCCCCCCCCCCCC(CCN)CC1. The summed E-state index contributed by atoms with van der Waals surface area (Å²) in [5, 5.41) is 3.44. The fraction of sp³-hybridized carbons (Fsp3) is 1.00. The Balaban J connectivity index is 2.37. The first-order valence-corrected chi connectivity index (χ1v) is 12.2. The van der Waals surface area contributed by atoms with Crippen molar-refractivity contribution < 1.29 is 0 Å². The zero-order valence-electron chi connectivity index (χ0n) is 18.1. The molecule has 0 radical (unpaired) electrons. The zero-order valence-corrected chi connectivity index (χ0v) is 18.1. The maximum absolute atomic E-state index is 5.90. The van der Waals surface area contributed by atoms with E-state index in [9.17, 15) is 0 Å². The summed E-state index contributed by atoms with van der Waals surface area (Å²) in [5.74, 6) is 1.76. The van der Waals surface area contributed by atoms with E-state index in [2.05, 4.69) is 12.4 Å². The minimum absolute atomic E-state index is 0.876. The first kappa shape index (κ1) is 24.0. The van der Waals surface area contributed by atoms with Gasteiger partial charge in [-0.1, -0.05) is 103 Å². The minimum atomic E-state index is 0.876. The summed E-state index contributed by atoms with van der Waals surface area (Å²) < 4.78 is 0. The van der Waals surface area contributed by atoms with Crippen molar-refractivity contribution in [2.45, 2.75) is 122 Å². The summed E-state index contributed by atoms with van der Waals surface area (Å²) in [6.45, 7) is 2.08. The van der Waals surface area contributed by atoms with Crippen LogP contribution in [0.25, 0.3) is 0 Å². The Morgan fingerprint density at radius 2 is 0.962 bits per heavy atom. The molecule has 0 aromatic heterocycles. The van der Waals surface area contributed by atoms with Crippen molar-refractivity contribution >= 4 is 0 Å². The van der Waals surface area contributed by atoms with Crippen molar-refractivity contribution in [3.63, 3.8) is 0 Å². The van der Waals surface area contributed by atoms with E-state index in [-0.39, 0.29) is 0 Å². The molecule has 0 aromatic rings. The first-order chi connectivity index (χ1) is 12.9. The second-order valence-electron chi connectivity index (χ2n) is 8.97. The minimum Gasteiger partial charge on any atom is -0.330 e. The Morgan fingerprint density at radius 1 is 0.577 bits per heavy atom. The number of hydrogen-bond donors (Lipinski definition) is 2. The summed E-state index contributed by atoms with van der Waals surface area (Å²) >= 11 is 0. The van der Waals surface area contributed by atoms with Gasteiger partial charge in [-0.2, -0.15) is 0 Å². The summed E-state index contributed by atoms with van der Waals surface area (Å²) in [5.41, 5.74) is 5.90. The van der Waals surface area contributed by atoms with E-state index in [1.807, 2.05) is 0 Å². The van der Waals surface area contributed by atoms with Crippen molar-refractivity contribution in [3.05, 3.63) is 0 Å². The lowest BCUT2D eigenvalue weighted by Gasteiger charge is -2.21. The van der Waals surface area contributed by atoms with E-state index in [1.54, 1.807) is 0 Å². The van der Waals surface area contributed by atoms with Crippen LogP contribution in [0.1, 0.15) is 122 Å². The van der Waals surface area contributed by atoms with Crippen LogP contribution in [0.2, 0.25) is 0 Å². The number of rotatable bonds is 4. The lowest BCUT2D eigenvalue weighted by atomic mass is 9.87. The number of hydrogen-bond acceptors (Lipinski definition) is 2. The van der Waals surface area contributed by atoms with Crippen LogP contribution in [0.3, 0.4) is 0 Å². The van der Waals surface area contributed by atoms with Crippen LogP contribution in [-0.4, -0.2) is 20.1 Å². The van der Waals surface area contributed by atoms with E-state index in [0.29, 0.717) is 0 Å². The van der Waals surface area contributed by atoms with Gasteiger partial charge in [-0.3, -0.25) is 0 Å². The Kier molecular flexibility index (Phi) is 16.9. The summed E-state index contributed by atoms with van der Waals surface area (Å²) in [6, 6.07) is 0. The molecular formula is C24H50N2. The average molecular weight is 367 g/mol. The topological polar surface area (TPSA) is 38.0 Å². The van der Waals surface area contributed by atoms with Gasteiger partial charge in [-0.05, 0) is 51.2 Å². The zero-order chi connectivity index (χ0) is 18.7. The molecule has 0 amide bonds. The van der Waals surface area contributed by atoms with Crippen molar-refractivity contribution in [1.29, 1.82) is 0 Å². The molecule has 1 aliphatic rings. The monoisotopic (exact) mass is 366 g/mol. The third-order valence-corrected chi connectivity index (χ3v) is 6.53. The largest absolute Gasteiger partial charge is 0.330 e. The first-order valence-electron chi connectivity index (χ1n) is 12.2. The van der Waals surface area contributed by atoms with E-state index in [0.717, 1.165) is 18.4 Å². The molecule has 1 saturated carbocycles. The Hall–Kier alpha value is -0.0800. The van der Waals surface area contributed by atoms with Crippen molar-refractivity contribution in [2.24, 2.45) is 17.6 Å². The van der Waals surface area contributed by atoms with E-state index in [1.165, 1.54) is 129 Å². The van der Waals surface area contributed by atoms with Gasteiger partial charge in [-0.25, -0.2) is 0 Å². The molecule has 1 rings (SSSR count). The van der Waals surface area contributed by atoms with Gasteiger partial charge in [0.2, 0.25) is 0 Å². The third kappa shape index (κ3) is 14.0. The molecule has 0 spiro atoms. The summed E-state index contributed by atoms with van der Waals surface area (Å²) in [7, 11) is 2.12. The van der Waals surface area contributed by atoms with Gasteiger partial charge in [-0.15, -0.1) is 0 Å². The van der Waals surface area contributed by atoms with Crippen LogP contribution in [-0.2, 0) is 0 Å². The van der Waals surface area contributed by atoms with Crippen molar-refractivity contribution in [2.75, 3.05) is 20.1 Å². The van der Waals surface area contributed by atoms with Gasteiger partial charge in [0.25, 0.3) is 0 Å². The fourth-order valence-corrected chi connectivity index (χ4v) is 4.76. The lowest BCUT2D eigenvalue weighted by molar-refractivity contribution is 0.329. The van der Waals surface area contributed by atoms with Crippen LogP contribution in [0.5, 0.6) is 0 Å². The Bertz CT molecular complexity index is 251. The van der Waals surface area contributed by atoms with Gasteiger partial charge in [0.1, 0.15) is 0 Å². The standard InChI is InChI=1S/C24H50N2/c1-26-22-24-17-15-13-11-9-7-5-3-2-4-6-8-10-12-14-16-23(18-19-24)20-21-25/h23-24,26H,2-22,25H2,1H3. The van der Waals surface area contributed by atoms with E-state index < -0.39 is 0 Å². The highest BCUT2D eigenvalue weighted by Crippen LogP contribution is 2.25. The van der Waals surface area contributed by atoms with E-state index >= 15 is 0 Å². The smallest absolute Gasteiger partial charge is 0.00235 e. The third-order valence-electron chi connectivity index (χ3n) is 6.53. The summed E-state index contributed by atoms with van der Waals surface area (Å²) in [4.78, 5) is 0. The van der Waals surface area contributed by atoms with E-state index in [4.69, 9.17) is 5.73 Å². The molecule has 0 aliphatic heterocycles. The molecule has 1 fully saturated rings. The quantitative estimate of drug-likeness (QED) is 0.572. The van der Waals surface area contributed by atoms with Crippen LogP contribution >= 0.6 is 0 Å². The second-order valence-corrected chi connectivity index (χ2v) is 8.97. The molecule has 26 heavy (non-hydrogen) atoms. The molecule has 2 unspecified atom stereocenters. The molecule has 2 atom stereocenters. The molecule has 2 heteroatoms. The van der Waals surface area contributed by atoms with Gasteiger partial charge < -0.3 is 11.1 Å². The molecule has 1 aliphatic carbocycles. The van der Waals surface area contributed by atoms with Crippen LogP contribution in [0.15, 0.2) is 0 Å². The molecule has 156 valence electrons. The molecule has 0 heterocycles. The van der Waals surface area contributed by atoms with Gasteiger partial charge >= 0.3 is 0 Å². The summed E-state index contributed by atoms with van der Waals surface area (Å²) in [6.07, 6.45) is 27.4. The van der Waals surface area contributed by atoms with Gasteiger partial charge in [0.15, 0.2) is 0 Å². The van der Waals surface area contributed by atoms with Crippen LogP contribution in [0.4, 0.5) is 0 Å². The maximum atomic E-state index is 5.90. The lowest BCUT2D eigenvalue weighted by Crippen LogP contribution is -2.20. The Morgan fingerprint density at radius 3 is 1.38 bits per heavy atom. The number of nitrogens with one attached hydrogen (secondary N) is 1. The molecule has 3 N–H and O–H groups in total. The van der Waals surface area contributed by atoms with Gasteiger partial charge in [0.05, 0.1) is 0 Å². The molecule has 0 saturated heterocycles. The van der Waals surface area contributed by atoms with Crippen molar-refractivity contribution in [3.8, 4) is 0 Å². The average Bonchev–Trinajstić information content (AvgIpc) is 2.64. The van der Waals surface area contributed by atoms with Crippen LogP contribution in [0, 0.1) is 11.8 Å². The molecular weight excluding hydrogens is 316 g/mol. The highest BCUT2D eigenvalue weighted by molar-refractivity contribution is 4.68. The maximum Gasteiger partial charge on any atom is -0.00235 e. The predicted octanol–water partition coefficient (Wildman–Crippen LogP) is 6.82. The normalized spacial score (nSPS) is 27.0. The van der Waals surface area contributed by atoms with Crippen molar-refractivity contribution in [1.82, 2.24) is 5.32 Å². The molecule has 2 nitrogen and oxygen atoms in total.